The zero-order valence-corrected chi connectivity index (χ0v) is 21.9. The first-order valence-corrected chi connectivity index (χ1v) is 12.3. The summed E-state index contributed by atoms with van der Waals surface area (Å²) >= 11 is 5.20. The molecule has 0 radical (unpaired) electrons. The number of aromatic nitrogens is 2. The number of nitrogens with zero attached hydrogens (tertiary/aromatic N) is 4. The standard InChI is InChI=1S/C28H20FN5O5S/c1-16-13-18(14-24-26(35)31-28(40)33(27(24)36)21-5-3-19(29)4-6-21)17(2)32(16)20-7-10-23(11-8-20)39-25-12-9-22(15-30-25)34(37)38/h3-15H,1-2H3,(H,31,35,40)/b24-14+. The summed E-state index contributed by atoms with van der Waals surface area (Å²) in [5, 5.41) is 13.2. The number of carbonyl (C=O) groups is 2. The number of benzene rings is 2. The van der Waals surface area contributed by atoms with Gasteiger partial charge in [-0.1, -0.05) is 0 Å². The highest BCUT2D eigenvalue weighted by atomic mass is 32.1. The Labute approximate surface area is 232 Å². The smallest absolute Gasteiger partial charge is 0.287 e. The lowest BCUT2D eigenvalue weighted by Gasteiger charge is -2.28. The van der Waals surface area contributed by atoms with E-state index >= 15 is 0 Å². The highest BCUT2D eigenvalue weighted by molar-refractivity contribution is 7.80. The number of halogens is 1. The van der Waals surface area contributed by atoms with Gasteiger partial charge >= 0.3 is 0 Å². The third-order valence-electron chi connectivity index (χ3n) is 6.21. The Morgan fingerprint density at radius 2 is 1.70 bits per heavy atom. The minimum absolute atomic E-state index is 0.0875. The van der Waals surface area contributed by atoms with Crippen LogP contribution < -0.4 is 15.0 Å². The molecule has 1 saturated heterocycles. The number of hydrogen-bond acceptors (Lipinski definition) is 7. The number of ether oxygens (including phenoxy) is 1. The summed E-state index contributed by atoms with van der Waals surface area (Å²) in [4.78, 5) is 41.4. The maximum absolute atomic E-state index is 13.4. The number of pyridine rings is 1. The van der Waals surface area contributed by atoms with Crippen LogP contribution in [-0.2, 0) is 9.59 Å². The molecule has 10 nitrogen and oxygen atoms in total. The SMILES string of the molecule is Cc1cc(/C=C2\C(=O)NC(=S)N(c3ccc(F)cc3)C2=O)c(C)n1-c1ccc(Oc2ccc([N+](=O)[O-])cn2)cc1. The summed E-state index contributed by atoms with van der Waals surface area (Å²) < 4.78 is 21.0. The maximum Gasteiger partial charge on any atom is 0.287 e. The molecule has 2 amide bonds. The molecule has 2 aromatic carbocycles. The lowest BCUT2D eigenvalue weighted by molar-refractivity contribution is -0.385. The topological polar surface area (TPSA) is 120 Å². The predicted octanol–water partition coefficient (Wildman–Crippen LogP) is 5.16. The molecule has 1 aliphatic rings. The summed E-state index contributed by atoms with van der Waals surface area (Å²) in [6.07, 6.45) is 2.63. The van der Waals surface area contributed by atoms with Crippen molar-refractivity contribution in [2.45, 2.75) is 13.8 Å². The first-order valence-electron chi connectivity index (χ1n) is 11.9. The van der Waals surface area contributed by atoms with Crippen LogP contribution in [0.4, 0.5) is 15.8 Å². The molecule has 200 valence electrons. The first-order chi connectivity index (χ1) is 19.1. The number of nitrogens with one attached hydrogen (secondary N) is 1. The molecule has 1 fully saturated rings. The van der Waals surface area contributed by atoms with Gasteiger partial charge in [-0.3, -0.25) is 29.9 Å². The van der Waals surface area contributed by atoms with Crippen molar-refractivity contribution in [3.63, 3.8) is 0 Å². The van der Waals surface area contributed by atoms with Gasteiger partial charge in [0.2, 0.25) is 5.88 Å². The van der Waals surface area contributed by atoms with Gasteiger partial charge < -0.3 is 9.30 Å². The van der Waals surface area contributed by atoms with Crippen LogP contribution in [0.5, 0.6) is 11.6 Å². The van der Waals surface area contributed by atoms with Crippen molar-refractivity contribution in [2.75, 3.05) is 4.90 Å². The Balaban J connectivity index is 1.41. The minimum Gasteiger partial charge on any atom is -0.439 e. The van der Waals surface area contributed by atoms with Gasteiger partial charge in [-0.05, 0) is 92.3 Å². The van der Waals surface area contributed by atoms with Crippen molar-refractivity contribution < 1.29 is 23.6 Å². The van der Waals surface area contributed by atoms with E-state index in [2.05, 4.69) is 10.3 Å². The van der Waals surface area contributed by atoms with E-state index in [1.807, 2.05) is 36.6 Å². The van der Waals surface area contributed by atoms with E-state index in [-0.39, 0.29) is 22.3 Å². The van der Waals surface area contributed by atoms with Crippen LogP contribution >= 0.6 is 12.2 Å². The van der Waals surface area contributed by atoms with E-state index in [0.29, 0.717) is 17.0 Å². The number of thiocarbonyl (C=S) groups is 1. The van der Waals surface area contributed by atoms with Crippen molar-refractivity contribution in [2.24, 2.45) is 0 Å². The van der Waals surface area contributed by atoms with Crippen molar-refractivity contribution in [1.82, 2.24) is 14.9 Å². The first kappa shape index (κ1) is 26.4. The van der Waals surface area contributed by atoms with Gasteiger partial charge in [0.05, 0.1) is 10.6 Å². The lowest BCUT2D eigenvalue weighted by Crippen LogP contribution is -2.54. The number of amides is 2. The molecule has 4 aromatic rings. The molecule has 0 spiro atoms. The fourth-order valence-electron chi connectivity index (χ4n) is 4.29. The highest BCUT2D eigenvalue weighted by Gasteiger charge is 2.34. The molecule has 0 atom stereocenters. The van der Waals surface area contributed by atoms with Crippen molar-refractivity contribution in [1.29, 1.82) is 0 Å². The van der Waals surface area contributed by atoms with Crippen LogP contribution in [0.15, 0.2) is 78.5 Å². The highest BCUT2D eigenvalue weighted by Crippen LogP contribution is 2.28. The van der Waals surface area contributed by atoms with Crippen molar-refractivity contribution in [3.05, 3.63) is 111 Å². The zero-order valence-electron chi connectivity index (χ0n) is 21.1. The van der Waals surface area contributed by atoms with Gasteiger partial charge in [-0.25, -0.2) is 9.37 Å². The van der Waals surface area contributed by atoms with Gasteiger partial charge in [-0.15, -0.1) is 0 Å². The molecule has 5 rings (SSSR count). The summed E-state index contributed by atoms with van der Waals surface area (Å²) in [6, 6.07) is 16.9. The molecule has 1 aliphatic heterocycles. The van der Waals surface area contributed by atoms with Crippen molar-refractivity contribution >= 4 is 46.6 Å². The Morgan fingerprint density at radius 1 is 1.02 bits per heavy atom. The summed E-state index contributed by atoms with van der Waals surface area (Å²) in [6.45, 7) is 3.75. The number of nitro groups is 1. The normalized spacial score (nSPS) is 14.4. The number of carbonyl (C=O) groups excluding carboxylic acids is 2. The molecule has 12 heteroatoms. The molecule has 2 aromatic heterocycles. The molecule has 3 heterocycles. The van der Waals surface area contributed by atoms with Crippen LogP contribution in [0.3, 0.4) is 0 Å². The van der Waals surface area contributed by atoms with Gasteiger partial charge in [0.15, 0.2) is 5.11 Å². The van der Waals surface area contributed by atoms with Gasteiger partial charge in [0.1, 0.15) is 23.3 Å². The third-order valence-corrected chi connectivity index (χ3v) is 6.49. The second-order valence-corrected chi connectivity index (χ2v) is 9.19. The molecular formula is C28H20FN5O5S. The van der Waals surface area contributed by atoms with Gasteiger partial charge in [0.25, 0.3) is 17.5 Å². The Morgan fingerprint density at radius 3 is 2.33 bits per heavy atom. The van der Waals surface area contributed by atoms with E-state index in [9.17, 15) is 24.1 Å². The van der Waals surface area contributed by atoms with Crippen molar-refractivity contribution in [3.8, 4) is 17.3 Å². The third kappa shape index (κ3) is 5.07. The predicted molar refractivity (Wildman–Crippen MR) is 149 cm³/mol. The largest absolute Gasteiger partial charge is 0.439 e. The minimum atomic E-state index is -0.625. The summed E-state index contributed by atoms with van der Waals surface area (Å²) in [7, 11) is 0. The zero-order chi connectivity index (χ0) is 28.6. The molecule has 0 bridgehead atoms. The van der Waals surface area contributed by atoms with E-state index < -0.39 is 22.6 Å². The van der Waals surface area contributed by atoms with E-state index in [1.165, 1.54) is 42.5 Å². The van der Waals surface area contributed by atoms with Crippen LogP contribution in [0.2, 0.25) is 0 Å². The maximum atomic E-state index is 13.4. The molecule has 0 aliphatic carbocycles. The Bertz CT molecular complexity index is 1700. The Hall–Kier alpha value is -5.23. The molecule has 0 saturated carbocycles. The molecular weight excluding hydrogens is 537 g/mol. The number of anilines is 1. The van der Waals surface area contributed by atoms with E-state index in [1.54, 1.807) is 12.1 Å². The van der Waals surface area contributed by atoms with Crippen LogP contribution in [-0.4, -0.2) is 31.4 Å². The number of aryl methyl sites for hydroxylation is 1. The lowest BCUT2D eigenvalue weighted by atomic mass is 10.1. The number of hydrogen-bond donors (Lipinski definition) is 1. The quantitative estimate of drug-likeness (QED) is 0.114. The van der Waals surface area contributed by atoms with Gasteiger partial charge in [-0.2, -0.15) is 0 Å². The monoisotopic (exact) mass is 557 g/mol. The van der Waals surface area contributed by atoms with E-state index in [0.717, 1.165) is 28.2 Å². The van der Waals surface area contributed by atoms with Crippen LogP contribution in [0.1, 0.15) is 17.0 Å². The number of rotatable bonds is 6. The van der Waals surface area contributed by atoms with Crippen LogP contribution in [0.25, 0.3) is 11.8 Å². The second kappa shape index (κ2) is 10.5. The fraction of sp³-hybridized carbons (Fsp3) is 0.0714. The summed E-state index contributed by atoms with van der Waals surface area (Å²) in [5.41, 5.74) is 3.17. The second-order valence-electron chi connectivity index (χ2n) is 8.80. The Kier molecular flexibility index (Phi) is 6.92. The summed E-state index contributed by atoms with van der Waals surface area (Å²) in [5.74, 6) is -1.01. The van der Waals surface area contributed by atoms with Gasteiger partial charge in [0, 0.05) is 29.2 Å². The average molecular weight is 558 g/mol. The van der Waals surface area contributed by atoms with E-state index in [4.69, 9.17) is 17.0 Å². The molecule has 0 unspecified atom stereocenters. The average Bonchev–Trinajstić information content (AvgIpc) is 3.20. The fourth-order valence-corrected chi connectivity index (χ4v) is 4.57. The van der Waals surface area contributed by atoms with Crippen LogP contribution in [0, 0.1) is 29.8 Å². The molecule has 1 N–H and O–H groups in total. The molecule has 40 heavy (non-hydrogen) atoms.